The molecule has 2 saturated heterocycles. The average molecular weight is 200 g/mol. The normalized spacial score (nSPS) is 22.7. The second-order valence-corrected chi connectivity index (χ2v) is 3.52. The smallest absolute Gasteiger partial charge is 0.219 e. The number of hydrogen-bond acceptors (Lipinski definition) is 3. The van der Waals surface area contributed by atoms with Crippen molar-refractivity contribution in [3.8, 4) is 0 Å². The van der Waals surface area contributed by atoms with Gasteiger partial charge in [0.05, 0.1) is 13.2 Å². The molecule has 0 aromatic heterocycles. The molecule has 2 fully saturated rings. The van der Waals surface area contributed by atoms with Crippen LogP contribution in [-0.4, -0.2) is 38.8 Å². The molecule has 0 bridgehead atoms. The summed E-state index contributed by atoms with van der Waals surface area (Å²) in [6, 6.07) is 0. The van der Waals surface area contributed by atoms with Gasteiger partial charge in [0.2, 0.25) is 5.91 Å². The number of rotatable bonds is 0. The highest BCUT2D eigenvalue weighted by molar-refractivity contribution is 5.75. The lowest BCUT2D eigenvalue weighted by atomic mass is 10.2. The molecule has 4 nitrogen and oxygen atoms in total. The van der Waals surface area contributed by atoms with Crippen molar-refractivity contribution in [1.29, 1.82) is 0 Å². The molecule has 0 atom stereocenters. The van der Waals surface area contributed by atoms with Crippen LogP contribution in [0.5, 0.6) is 0 Å². The fraction of sp³-hybridized carbons (Fsp3) is 0.900. The maximum absolute atomic E-state index is 10.6. The van der Waals surface area contributed by atoms with Crippen LogP contribution in [0.1, 0.15) is 25.7 Å². The van der Waals surface area contributed by atoms with Gasteiger partial charge in [0.25, 0.3) is 0 Å². The Morgan fingerprint density at radius 1 is 1.00 bits per heavy atom. The Morgan fingerprint density at radius 3 is 2.36 bits per heavy atom. The topological polar surface area (TPSA) is 50.4 Å². The quantitative estimate of drug-likeness (QED) is 0.590. The largest absolute Gasteiger partial charge is 0.379 e. The number of morpholine rings is 1. The Kier molecular flexibility index (Phi) is 6.36. The average Bonchev–Trinajstić information content (AvgIpc) is 2.49. The number of hydrogen-bond donors (Lipinski definition) is 2. The zero-order valence-corrected chi connectivity index (χ0v) is 8.68. The molecule has 0 aliphatic carbocycles. The van der Waals surface area contributed by atoms with E-state index >= 15 is 0 Å². The summed E-state index contributed by atoms with van der Waals surface area (Å²) in [5.41, 5.74) is 0. The van der Waals surface area contributed by atoms with E-state index in [1.807, 2.05) is 0 Å². The first-order valence-corrected chi connectivity index (χ1v) is 5.45. The number of carbonyl (C=O) groups excluding carboxylic acids is 1. The fourth-order valence-corrected chi connectivity index (χ4v) is 1.42. The van der Waals surface area contributed by atoms with Crippen LogP contribution in [0.4, 0.5) is 0 Å². The van der Waals surface area contributed by atoms with E-state index in [-0.39, 0.29) is 5.91 Å². The molecular formula is C10H20N2O2. The van der Waals surface area contributed by atoms with Crippen LogP contribution in [0.3, 0.4) is 0 Å². The Morgan fingerprint density at radius 2 is 1.79 bits per heavy atom. The highest BCUT2D eigenvalue weighted by Crippen LogP contribution is 2.02. The van der Waals surface area contributed by atoms with E-state index < -0.39 is 0 Å². The van der Waals surface area contributed by atoms with E-state index in [2.05, 4.69) is 10.6 Å². The molecule has 2 heterocycles. The monoisotopic (exact) mass is 200 g/mol. The fourth-order valence-electron chi connectivity index (χ4n) is 1.42. The van der Waals surface area contributed by atoms with Crippen molar-refractivity contribution in [2.45, 2.75) is 25.7 Å². The molecule has 2 aliphatic rings. The maximum atomic E-state index is 10.6. The van der Waals surface area contributed by atoms with Gasteiger partial charge in [0.15, 0.2) is 0 Å². The maximum Gasteiger partial charge on any atom is 0.219 e. The number of nitrogens with one attached hydrogen (secondary N) is 2. The zero-order valence-electron chi connectivity index (χ0n) is 8.68. The molecule has 0 aromatic rings. The molecule has 0 radical (unpaired) electrons. The van der Waals surface area contributed by atoms with Crippen LogP contribution in [0.2, 0.25) is 0 Å². The summed E-state index contributed by atoms with van der Waals surface area (Å²) in [7, 11) is 0. The van der Waals surface area contributed by atoms with Gasteiger partial charge in [-0.3, -0.25) is 4.79 Å². The molecule has 0 unspecified atom stereocenters. The molecule has 0 spiro atoms. The third kappa shape index (κ3) is 5.94. The molecule has 0 saturated carbocycles. The van der Waals surface area contributed by atoms with Crippen LogP contribution in [-0.2, 0) is 9.53 Å². The molecule has 2 rings (SSSR count). The summed E-state index contributed by atoms with van der Waals surface area (Å²) >= 11 is 0. The highest BCUT2D eigenvalue weighted by atomic mass is 16.5. The molecule has 2 aliphatic heterocycles. The standard InChI is InChI=1S/C6H11NO.C4H9NO/c8-6-4-2-1-3-5-7-6;1-3-6-4-2-5-1/h1-5H2,(H,7,8);5H,1-4H2. The van der Waals surface area contributed by atoms with Gasteiger partial charge in [0.1, 0.15) is 0 Å². The molecule has 4 heteroatoms. The minimum atomic E-state index is 0.225. The summed E-state index contributed by atoms with van der Waals surface area (Å²) < 4.78 is 5.01. The van der Waals surface area contributed by atoms with Gasteiger partial charge in [-0.1, -0.05) is 6.42 Å². The first kappa shape index (κ1) is 11.5. The minimum Gasteiger partial charge on any atom is -0.379 e. The Hall–Kier alpha value is -0.610. The van der Waals surface area contributed by atoms with Gasteiger partial charge in [-0.2, -0.15) is 0 Å². The van der Waals surface area contributed by atoms with Gasteiger partial charge >= 0.3 is 0 Å². The predicted octanol–water partition coefficient (Wildman–Crippen LogP) is 0.283. The highest BCUT2D eigenvalue weighted by Gasteiger charge is 2.03. The van der Waals surface area contributed by atoms with Gasteiger partial charge in [0, 0.05) is 26.1 Å². The second-order valence-electron chi connectivity index (χ2n) is 3.52. The molecule has 0 aromatic carbocycles. The van der Waals surface area contributed by atoms with E-state index in [0.29, 0.717) is 0 Å². The summed E-state index contributed by atoms with van der Waals surface area (Å²) in [5, 5.41) is 5.97. The Labute approximate surface area is 85.4 Å². The predicted molar refractivity (Wildman–Crippen MR) is 55.2 cm³/mol. The SMILES string of the molecule is C1COCCN1.O=C1CCCCCN1. The summed E-state index contributed by atoms with van der Waals surface area (Å²) in [4.78, 5) is 10.6. The second kappa shape index (κ2) is 7.76. The van der Waals surface area contributed by atoms with Crippen LogP contribution >= 0.6 is 0 Å². The lowest BCUT2D eigenvalue weighted by Gasteiger charge is -2.10. The van der Waals surface area contributed by atoms with E-state index in [1.54, 1.807) is 0 Å². The number of carbonyl (C=O) groups is 1. The first-order valence-electron chi connectivity index (χ1n) is 5.45. The van der Waals surface area contributed by atoms with Gasteiger partial charge in [-0.05, 0) is 12.8 Å². The first-order chi connectivity index (χ1) is 6.89. The van der Waals surface area contributed by atoms with Crippen LogP contribution in [0.15, 0.2) is 0 Å². The molecule has 1 amide bonds. The van der Waals surface area contributed by atoms with Crippen molar-refractivity contribution in [3.63, 3.8) is 0 Å². The molecular weight excluding hydrogens is 180 g/mol. The minimum absolute atomic E-state index is 0.225. The van der Waals surface area contributed by atoms with Crippen molar-refractivity contribution in [3.05, 3.63) is 0 Å². The van der Waals surface area contributed by atoms with Crippen molar-refractivity contribution < 1.29 is 9.53 Å². The summed E-state index contributed by atoms with van der Waals surface area (Å²) in [6.45, 7) is 4.72. The number of amides is 1. The molecule has 82 valence electrons. The lowest BCUT2D eigenvalue weighted by molar-refractivity contribution is -0.120. The number of ether oxygens (including phenoxy) is 1. The lowest BCUT2D eigenvalue weighted by Crippen LogP contribution is -2.30. The van der Waals surface area contributed by atoms with Crippen molar-refractivity contribution in [2.24, 2.45) is 0 Å². The van der Waals surface area contributed by atoms with Crippen molar-refractivity contribution in [2.75, 3.05) is 32.8 Å². The molecule has 14 heavy (non-hydrogen) atoms. The van der Waals surface area contributed by atoms with E-state index in [1.165, 1.54) is 6.42 Å². The van der Waals surface area contributed by atoms with Crippen LogP contribution in [0, 0.1) is 0 Å². The third-order valence-corrected chi connectivity index (χ3v) is 2.25. The van der Waals surface area contributed by atoms with Crippen molar-refractivity contribution in [1.82, 2.24) is 10.6 Å². The van der Waals surface area contributed by atoms with Crippen LogP contribution in [0.25, 0.3) is 0 Å². The third-order valence-electron chi connectivity index (χ3n) is 2.25. The summed E-state index contributed by atoms with van der Waals surface area (Å²) in [5.74, 6) is 0.225. The van der Waals surface area contributed by atoms with Crippen molar-refractivity contribution >= 4 is 5.91 Å². The van der Waals surface area contributed by atoms with Gasteiger partial charge in [-0.25, -0.2) is 0 Å². The van der Waals surface area contributed by atoms with E-state index in [9.17, 15) is 4.79 Å². The van der Waals surface area contributed by atoms with Gasteiger partial charge < -0.3 is 15.4 Å². The Balaban J connectivity index is 0.000000146. The van der Waals surface area contributed by atoms with E-state index in [4.69, 9.17) is 4.74 Å². The zero-order chi connectivity index (χ0) is 10.1. The summed E-state index contributed by atoms with van der Waals surface area (Å²) in [6.07, 6.45) is 4.18. The Bertz CT molecular complexity index is 137. The van der Waals surface area contributed by atoms with Crippen LogP contribution < -0.4 is 10.6 Å². The van der Waals surface area contributed by atoms with Gasteiger partial charge in [-0.15, -0.1) is 0 Å². The van der Waals surface area contributed by atoms with E-state index in [0.717, 1.165) is 52.1 Å². The molecule has 2 N–H and O–H groups in total.